The van der Waals surface area contributed by atoms with Gasteiger partial charge in [0, 0.05) is 13.0 Å². The van der Waals surface area contributed by atoms with Crippen LogP contribution in [-0.4, -0.2) is 30.5 Å². The molecule has 2 aliphatic rings. The summed E-state index contributed by atoms with van der Waals surface area (Å²) in [5, 5.41) is 3.83. The van der Waals surface area contributed by atoms with E-state index >= 15 is 0 Å². The number of carbonyl (C=O) groups is 1. The highest BCUT2D eigenvalue weighted by molar-refractivity contribution is 6.29. The molecule has 0 radical (unpaired) electrons. The lowest BCUT2D eigenvalue weighted by atomic mass is 9.71. The van der Waals surface area contributed by atoms with E-state index in [1.807, 2.05) is 11.0 Å². The largest absolute Gasteiger partial charge is 0.317 e. The molecule has 2 saturated heterocycles. The highest BCUT2D eigenvalue weighted by Crippen LogP contribution is 2.41. The second-order valence-electron chi connectivity index (χ2n) is 5.56. The lowest BCUT2D eigenvalue weighted by Crippen LogP contribution is -2.48. The summed E-state index contributed by atoms with van der Waals surface area (Å²) >= 11 is 5.78. The number of hydrogen-bond acceptors (Lipinski definition) is 3. The van der Waals surface area contributed by atoms with Crippen LogP contribution in [0.5, 0.6) is 0 Å². The molecule has 2 aliphatic heterocycles. The number of hydrogen-bond donors (Lipinski definition) is 1. The molecule has 102 valence electrons. The summed E-state index contributed by atoms with van der Waals surface area (Å²) in [6, 6.07) is 3.60. The first-order valence-electron chi connectivity index (χ1n) is 6.81. The molecular weight excluding hydrogens is 262 g/mol. The molecule has 1 amide bonds. The van der Waals surface area contributed by atoms with E-state index in [4.69, 9.17) is 11.6 Å². The zero-order chi connectivity index (χ0) is 13.3. The fourth-order valence-corrected chi connectivity index (χ4v) is 3.27. The van der Waals surface area contributed by atoms with Crippen molar-refractivity contribution in [2.45, 2.75) is 25.7 Å². The number of piperidine rings is 2. The van der Waals surface area contributed by atoms with Gasteiger partial charge in [0.25, 0.3) is 0 Å². The second-order valence-corrected chi connectivity index (χ2v) is 5.95. The number of amides is 1. The molecule has 0 saturated carbocycles. The van der Waals surface area contributed by atoms with Gasteiger partial charge >= 0.3 is 0 Å². The number of aromatic nitrogens is 1. The molecule has 1 aromatic rings. The average molecular weight is 280 g/mol. The SMILES string of the molecule is O=C1CC2(CCNCC2)CCN1c1ccc(Cl)nc1. The van der Waals surface area contributed by atoms with E-state index in [-0.39, 0.29) is 11.3 Å². The Hall–Kier alpha value is -1.13. The van der Waals surface area contributed by atoms with Crippen molar-refractivity contribution < 1.29 is 4.79 Å². The Morgan fingerprint density at radius 2 is 2.05 bits per heavy atom. The maximum Gasteiger partial charge on any atom is 0.227 e. The minimum absolute atomic E-state index is 0.220. The summed E-state index contributed by atoms with van der Waals surface area (Å²) in [4.78, 5) is 18.3. The molecule has 0 aromatic carbocycles. The van der Waals surface area contributed by atoms with Crippen LogP contribution in [0.15, 0.2) is 18.3 Å². The van der Waals surface area contributed by atoms with Crippen molar-refractivity contribution in [3.8, 4) is 0 Å². The lowest BCUT2D eigenvalue weighted by Gasteiger charge is -2.43. The van der Waals surface area contributed by atoms with Crippen LogP contribution in [0.2, 0.25) is 5.15 Å². The quantitative estimate of drug-likeness (QED) is 0.802. The van der Waals surface area contributed by atoms with Crippen LogP contribution < -0.4 is 10.2 Å². The van der Waals surface area contributed by atoms with Gasteiger partial charge in [-0.15, -0.1) is 0 Å². The van der Waals surface area contributed by atoms with Crippen molar-refractivity contribution in [3.05, 3.63) is 23.5 Å². The summed E-state index contributed by atoms with van der Waals surface area (Å²) < 4.78 is 0. The fourth-order valence-electron chi connectivity index (χ4n) is 3.16. The normalized spacial score (nSPS) is 22.8. The average Bonchev–Trinajstić information content (AvgIpc) is 2.41. The first-order valence-corrected chi connectivity index (χ1v) is 7.19. The molecule has 0 atom stereocenters. The van der Waals surface area contributed by atoms with E-state index in [0.29, 0.717) is 11.6 Å². The number of carbonyl (C=O) groups excluding carboxylic acids is 1. The van der Waals surface area contributed by atoms with Crippen molar-refractivity contribution >= 4 is 23.2 Å². The Balaban J connectivity index is 1.74. The van der Waals surface area contributed by atoms with Gasteiger partial charge in [-0.25, -0.2) is 4.98 Å². The molecule has 5 heteroatoms. The first kappa shape index (κ1) is 12.9. The standard InChI is InChI=1S/C14H18ClN3O/c15-12-2-1-11(10-17-12)18-8-5-14(9-13(18)19)3-6-16-7-4-14/h1-2,10,16H,3-9H2. The Bertz CT molecular complexity index is 468. The van der Waals surface area contributed by atoms with Crippen molar-refractivity contribution in [2.75, 3.05) is 24.5 Å². The van der Waals surface area contributed by atoms with E-state index in [9.17, 15) is 4.79 Å². The highest BCUT2D eigenvalue weighted by Gasteiger charge is 2.39. The van der Waals surface area contributed by atoms with E-state index in [0.717, 1.165) is 44.6 Å². The van der Waals surface area contributed by atoms with Crippen LogP contribution in [0, 0.1) is 5.41 Å². The van der Waals surface area contributed by atoms with Crippen LogP contribution in [0.3, 0.4) is 0 Å². The van der Waals surface area contributed by atoms with Gasteiger partial charge in [0.1, 0.15) is 5.15 Å². The molecular formula is C14H18ClN3O. The summed E-state index contributed by atoms with van der Waals surface area (Å²) in [5.41, 5.74) is 1.09. The number of halogens is 1. The molecule has 2 fully saturated rings. The van der Waals surface area contributed by atoms with Gasteiger partial charge in [0.2, 0.25) is 5.91 Å². The Morgan fingerprint density at radius 1 is 1.26 bits per heavy atom. The predicted molar refractivity (Wildman–Crippen MR) is 75.4 cm³/mol. The first-order chi connectivity index (χ1) is 9.19. The monoisotopic (exact) mass is 279 g/mol. The van der Waals surface area contributed by atoms with Crippen LogP contribution in [0.1, 0.15) is 25.7 Å². The molecule has 0 unspecified atom stereocenters. The fraction of sp³-hybridized carbons (Fsp3) is 0.571. The minimum atomic E-state index is 0.220. The molecule has 1 aromatic heterocycles. The van der Waals surface area contributed by atoms with Gasteiger partial charge in [-0.05, 0) is 49.9 Å². The van der Waals surface area contributed by atoms with Crippen LogP contribution in [0.25, 0.3) is 0 Å². The Labute approximate surface area is 118 Å². The van der Waals surface area contributed by atoms with Crippen LogP contribution in [0.4, 0.5) is 5.69 Å². The molecule has 0 bridgehead atoms. The molecule has 4 nitrogen and oxygen atoms in total. The molecule has 1 spiro atoms. The lowest BCUT2D eigenvalue weighted by molar-refractivity contribution is -0.123. The zero-order valence-electron chi connectivity index (χ0n) is 10.9. The summed E-state index contributed by atoms with van der Waals surface area (Å²) in [7, 11) is 0. The Morgan fingerprint density at radius 3 is 2.68 bits per heavy atom. The van der Waals surface area contributed by atoms with Gasteiger partial charge in [-0.1, -0.05) is 11.6 Å². The Kier molecular flexibility index (Phi) is 3.46. The van der Waals surface area contributed by atoms with E-state index in [2.05, 4.69) is 10.3 Å². The molecule has 0 aliphatic carbocycles. The van der Waals surface area contributed by atoms with Crippen molar-refractivity contribution in [1.82, 2.24) is 10.3 Å². The van der Waals surface area contributed by atoms with Gasteiger partial charge in [-0.2, -0.15) is 0 Å². The topological polar surface area (TPSA) is 45.2 Å². The third-order valence-electron chi connectivity index (χ3n) is 4.38. The van der Waals surface area contributed by atoms with Crippen molar-refractivity contribution in [1.29, 1.82) is 0 Å². The number of rotatable bonds is 1. The number of anilines is 1. The van der Waals surface area contributed by atoms with Crippen LogP contribution in [-0.2, 0) is 4.79 Å². The number of nitrogens with zero attached hydrogens (tertiary/aromatic N) is 2. The minimum Gasteiger partial charge on any atom is -0.317 e. The highest BCUT2D eigenvalue weighted by atomic mass is 35.5. The summed E-state index contributed by atoms with van der Waals surface area (Å²) in [5.74, 6) is 0.220. The second kappa shape index (κ2) is 5.10. The van der Waals surface area contributed by atoms with Gasteiger partial charge < -0.3 is 10.2 Å². The maximum atomic E-state index is 12.4. The van der Waals surface area contributed by atoms with Gasteiger partial charge in [-0.3, -0.25) is 4.79 Å². The van der Waals surface area contributed by atoms with E-state index in [1.54, 1.807) is 12.3 Å². The summed E-state index contributed by atoms with van der Waals surface area (Å²) in [6.45, 7) is 2.87. The number of pyridine rings is 1. The number of nitrogens with one attached hydrogen (secondary N) is 1. The van der Waals surface area contributed by atoms with Gasteiger partial charge in [0.05, 0.1) is 11.9 Å². The zero-order valence-corrected chi connectivity index (χ0v) is 11.6. The third-order valence-corrected chi connectivity index (χ3v) is 4.60. The van der Waals surface area contributed by atoms with Gasteiger partial charge in [0.15, 0.2) is 0 Å². The van der Waals surface area contributed by atoms with Crippen molar-refractivity contribution in [3.63, 3.8) is 0 Å². The van der Waals surface area contributed by atoms with Crippen LogP contribution >= 0.6 is 11.6 Å². The maximum absolute atomic E-state index is 12.4. The van der Waals surface area contributed by atoms with E-state index in [1.165, 1.54) is 0 Å². The third kappa shape index (κ3) is 2.60. The molecule has 3 heterocycles. The van der Waals surface area contributed by atoms with Crippen molar-refractivity contribution in [2.24, 2.45) is 5.41 Å². The molecule has 19 heavy (non-hydrogen) atoms. The predicted octanol–water partition coefficient (Wildman–Crippen LogP) is 2.23. The summed E-state index contributed by atoms with van der Waals surface area (Å²) in [6.07, 6.45) is 5.66. The molecule has 1 N–H and O–H groups in total. The van der Waals surface area contributed by atoms with E-state index < -0.39 is 0 Å². The molecule has 3 rings (SSSR count). The smallest absolute Gasteiger partial charge is 0.227 e.